The van der Waals surface area contributed by atoms with Crippen LogP contribution in [0.2, 0.25) is 0 Å². The second kappa shape index (κ2) is 7.86. The maximum Gasteiger partial charge on any atom is 0.336 e. The fourth-order valence-corrected chi connectivity index (χ4v) is 5.14. The number of aromatic nitrogens is 5. The minimum Gasteiger partial charge on any atom is -0.456 e. The molecule has 5 rings (SSSR count). The van der Waals surface area contributed by atoms with Gasteiger partial charge < -0.3 is 9.64 Å². The molecule has 0 aromatic carbocycles. The lowest BCUT2D eigenvalue weighted by atomic mass is 9.68. The molecule has 0 atom stereocenters. The van der Waals surface area contributed by atoms with Crippen molar-refractivity contribution in [3.63, 3.8) is 0 Å². The molecule has 2 aromatic heterocycles. The van der Waals surface area contributed by atoms with E-state index in [4.69, 9.17) is 4.74 Å². The van der Waals surface area contributed by atoms with Gasteiger partial charge in [0.2, 0.25) is 5.91 Å². The Labute approximate surface area is 180 Å². The Balaban J connectivity index is 1.15. The van der Waals surface area contributed by atoms with Crippen LogP contribution in [0.15, 0.2) is 35.9 Å². The molecule has 0 radical (unpaired) electrons. The van der Waals surface area contributed by atoms with Crippen LogP contribution in [0.1, 0.15) is 51.1 Å². The number of rotatable bonds is 5. The topological polar surface area (TPSA) is 103 Å². The van der Waals surface area contributed by atoms with Crippen LogP contribution in [-0.2, 0) is 20.7 Å². The van der Waals surface area contributed by atoms with Gasteiger partial charge in [0.15, 0.2) is 0 Å². The number of esters is 1. The Morgan fingerprint density at radius 1 is 1.19 bits per heavy atom. The van der Waals surface area contributed by atoms with E-state index in [1.54, 1.807) is 24.1 Å². The fourth-order valence-electron chi connectivity index (χ4n) is 5.14. The van der Waals surface area contributed by atoms with Crippen molar-refractivity contribution in [2.24, 2.45) is 11.3 Å². The molecule has 1 saturated heterocycles. The second-order valence-electron chi connectivity index (χ2n) is 8.88. The predicted molar refractivity (Wildman–Crippen MR) is 110 cm³/mol. The molecule has 2 aliphatic heterocycles. The SMILES string of the molecule is CC1=C(N2CCC3(CCC(CCc4ccc(-n5cnnn5)cn4)CC3)C2=O)COC1=O. The number of ether oxygens (including phenoxy) is 1. The number of amides is 1. The number of cyclic esters (lactones) is 1. The highest BCUT2D eigenvalue weighted by molar-refractivity contribution is 5.94. The number of tetrazole rings is 1. The molecule has 9 nitrogen and oxygen atoms in total. The van der Waals surface area contributed by atoms with Crippen molar-refractivity contribution < 1.29 is 14.3 Å². The lowest BCUT2D eigenvalue weighted by Gasteiger charge is -2.36. The van der Waals surface area contributed by atoms with Gasteiger partial charge in [-0.1, -0.05) is 0 Å². The number of aryl methyl sites for hydroxylation is 1. The maximum atomic E-state index is 13.2. The third-order valence-electron chi connectivity index (χ3n) is 7.21. The van der Waals surface area contributed by atoms with Crippen LogP contribution >= 0.6 is 0 Å². The van der Waals surface area contributed by atoms with Gasteiger partial charge in [-0.2, -0.15) is 4.68 Å². The smallest absolute Gasteiger partial charge is 0.336 e. The summed E-state index contributed by atoms with van der Waals surface area (Å²) in [6.07, 6.45) is 10.2. The average molecular weight is 422 g/mol. The molecule has 9 heteroatoms. The third-order valence-corrected chi connectivity index (χ3v) is 7.21. The molecular formula is C22H26N6O3. The molecule has 31 heavy (non-hydrogen) atoms. The number of hydrogen-bond acceptors (Lipinski definition) is 7. The second-order valence-corrected chi connectivity index (χ2v) is 8.88. The summed E-state index contributed by atoms with van der Waals surface area (Å²) in [6.45, 7) is 2.68. The maximum absolute atomic E-state index is 13.2. The molecule has 2 fully saturated rings. The van der Waals surface area contributed by atoms with Gasteiger partial charge in [0.1, 0.15) is 12.9 Å². The largest absolute Gasteiger partial charge is 0.456 e. The molecule has 1 saturated carbocycles. The van der Waals surface area contributed by atoms with E-state index in [0.29, 0.717) is 18.0 Å². The zero-order valence-corrected chi connectivity index (χ0v) is 17.7. The quantitative estimate of drug-likeness (QED) is 0.681. The van der Waals surface area contributed by atoms with Crippen molar-refractivity contribution in [2.45, 2.75) is 51.9 Å². The molecule has 0 N–H and O–H groups in total. The van der Waals surface area contributed by atoms with Gasteiger partial charge in [-0.15, -0.1) is 5.10 Å². The van der Waals surface area contributed by atoms with E-state index in [2.05, 4.69) is 20.5 Å². The van der Waals surface area contributed by atoms with Crippen LogP contribution in [0.4, 0.5) is 0 Å². The highest BCUT2D eigenvalue weighted by Gasteiger charge is 2.50. The summed E-state index contributed by atoms with van der Waals surface area (Å²) in [6, 6.07) is 4.01. The van der Waals surface area contributed by atoms with E-state index in [1.165, 1.54) is 0 Å². The molecular weight excluding hydrogens is 396 g/mol. The van der Waals surface area contributed by atoms with Gasteiger partial charge in [0.05, 0.1) is 28.6 Å². The number of hydrogen-bond donors (Lipinski definition) is 0. The molecule has 162 valence electrons. The van der Waals surface area contributed by atoms with Crippen molar-refractivity contribution in [1.29, 1.82) is 0 Å². The van der Waals surface area contributed by atoms with Crippen molar-refractivity contribution in [2.75, 3.05) is 13.2 Å². The minimum absolute atomic E-state index is 0.193. The van der Waals surface area contributed by atoms with Gasteiger partial charge in [-0.05, 0) is 80.3 Å². The van der Waals surface area contributed by atoms with Crippen LogP contribution in [0, 0.1) is 11.3 Å². The van der Waals surface area contributed by atoms with Crippen LogP contribution in [0.25, 0.3) is 5.69 Å². The normalized spacial score (nSPS) is 26.2. The monoisotopic (exact) mass is 422 g/mol. The Morgan fingerprint density at radius 3 is 2.68 bits per heavy atom. The van der Waals surface area contributed by atoms with Gasteiger partial charge in [-0.3, -0.25) is 9.78 Å². The van der Waals surface area contributed by atoms with Crippen LogP contribution in [0.5, 0.6) is 0 Å². The van der Waals surface area contributed by atoms with Gasteiger partial charge in [0.25, 0.3) is 0 Å². The summed E-state index contributed by atoms with van der Waals surface area (Å²) >= 11 is 0. The number of pyridine rings is 1. The van der Waals surface area contributed by atoms with Crippen molar-refractivity contribution in [1.82, 2.24) is 30.1 Å². The van der Waals surface area contributed by atoms with E-state index < -0.39 is 0 Å². The average Bonchev–Trinajstić information content (AvgIpc) is 3.51. The van der Waals surface area contributed by atoms with Crippen molar-refractivity contribution >= 4 is 11.9 Å². The lowest BCUT2D eigenvalue weighted by molar-refractivity contribution is -0.138. The summed E-state index contributed by atoms with van der Waals surface area (Å²) in [7, 11) is 0. The Hall–Kier alpha value is -3.10. The van der Waals surface area contributed by atoms with Crippen LogP contribution < -0.4 is 0 Å². The van der Waals surface area contributed by atoms with Gasteiger partial charge in [0, 0.05) is 12.2 Å². The highest BCUT2D eigenvalue weighted by atomic mass is 16.5. The zero-order chi connectivity index (χ0) is 21.4. The molecule has 0 bridgehead atoms. The number of carbonyl (C=O) groups is 2. The summed E-state index contributed by atoms with van der Waals surface area (Å²) in [4.78, 5) is 31.3. The number of carbonyl (C=O) groups excluding carboxylic acids is 2. The number of nitrogens with zero attached hydrogens (tertiary/aromatic N) is 6. The highest BCUT2D eigenvalue weighted by Crippen LogP contribution is 2.48. The van der Waals surface area contributed by atoms with Crippen LogP contribution in [0.3, 0.4) is 0 Å². The van der Waals surface area contributed by atoms with E-state index in [1.807, 2.05) is 17.0 Å². The first-order valence-corrected chi connectivity index (χ1v) is 10.9. The zero-order valence-electron chi connectivity index (χ0n) is 17.7. The third kappa shape index (κ3) is 3.62. The summed E-state index contributed by atoms with van der Waals surface area (Å²) in [5.74, 6) is 0.510. The Morgan fingerprint density at radius 2 is 2.03 bits per heavy atom. The van der Waals surface area contributed by atoms with Gasteiger partial charge in [-0.25, -0.2) is 4.79 Å². The van der Waals surface area contributed by atoms with Crippen molar-refractivity contribution in [3.8, 4) is 5.69 Å². The van der Waals surface area contributed by atoms with E-state index >= 15 is 0 Å². The summed E-state index contributed by atoms with van der Waals surface area (Å²) in [5, 5.41) is 11.2. The lowest BCUT2D eigenvalue weighted by Crippen LogP contribution is -2.37. The summed E-state index contributed by atoms with van der Waals surface area (Å²) < 4.78 is 6.70. The van der Waals surface area contributed by atoms with Gasteiger partial charge >= 0.3 is 5.97 Å². The number of likely N-dealkylation sites (tertiary alicyclic amines) is 1. The van der Waals surface area contributed by atoms with E-state index in [9.17, 15) is 9.59 Å². The predicted octanol–water partition coefficient (Wildman–Crippen LogP) is 2.23. The first-order valence-electron chi connectivity index (χ1n) is 10.9. The Kier molecular flexibility index (Phi) is 5.03. The fraction of sp³-hybridized carbons (Fsp3) is 0.545. The van der Waals surface area contributed by atoms with Crippen LogP contribution in [-0.4, -0.2) is 55.1 Å². The first kappa shape index (κ1) is 19.8. The van der Waals surface area contributed by atoms with Crippen molar-refractivity contribution in [3.05, 3.63) is 41.6 Å². The molecule has 1 aliphatic carbocycles. The molecule has 1 spiro atoms. The summed E-state index contributed by atoms with van der Waals surface area (Å²) in [5.41, 5.74) is 3.01. The standard InChI is InChI=1S/C22H26N6O3/c1-15-19(13-31-20(15)29)27-11-10-22(21(27)30)8-6-16(7-9-22)2-3-17-4-5-18(12-23-17)28-14-24-25-26-28/h4-5,12,14,16H,2-3,6-11,13H2,1H3. The van der Waals surface area contributed by atoms with E-state index in [0.717, 1.165) is 62.0 Å². The molecule has 0 unspecified atom stereocenters. The Bertz CT molecular complexity index is 1010. The molecule has 3 aliphatic rings. The van der Waals surface area contributed by atoms with E-state index in [-0.39, 0.29) is 23.9 Å². The molecule has 4 heterocycles. The molecule has 2 aromatic rings. The minimum atomic E-state index is -0.299. The first-order chi connectivity index (χ1) is 15.1. The molecule has 1 amide bonds.